The lowest BCUT2D eigenvalue weighted by atomic mass is 10.1. The summed E-state index contributed by atoms with van der Waals surface area (Å²) in [6, 6.07) is 6.23. The van der Waals surface area contributed by atoms with E-state index in [2.05, 4.69) is 6.92 Å². The summed E-state index contributed by atoms with van der Waals surface area (Å²) >= 11 is 0. The van der Waals surface area contributed by atoms with Crippen molar-refractivity contribution in [2.24, 2.45) is 0 Å². The van der Waals surface area contributed by atoms with Crippen molar-refractivity contribution in [3.8, 4) is 5.75 Å². The molecule has 1 aromatic rings. The van der Waals surface area contributed by atoms with Crippen molar-refractivity contribution in [3.63, 3.8) is 0 Å². The van der Waals surface area contributed by atoms with E-state index in [9.17, 15) is 10.1 Å². The predicted octanol–water partition coefficient (Wildman–Crippen LogP) is 4.33. The first-order valence-corrected chi connectivity index (χ1v) is 6.61. The second-order valence-electron chi connectivity index (χ2n) is 4.37. The van der Waals surface area contributed by atoms with Gasteiger partial charge in [0.1, 0.15) is 5.75 Å². The van der Waals surface area contributed by atoms with Crippen LogP contribution in [0.15, 0.2) is 24.3 Å². The third-order valence-corrected chi connectivity index (χ3v) is 2.81. The summed E-state index contributed by atoms with van der Waals surface area (Å²) in [5.74, 6) is 0.703. The van der Waals surface area contributed by atoms with E-state index in [4.69, 9.17) is 4.74 Å². The van der Waals surface area contributed by atoms with E-state index in [0.29, 0.717) is 12.4 Å². The number of hydrogen-bond acceptors (Lipinski definition) is 3. The van der Waals surface area contributed by atoms with Crippen molar-refractivity contribution in [2.75, 3.05) is 6.61 Å². The number of unbranched alkanes of at least 4 members (excludes halogenated alkanes) is 5. The predicted molar refractivity (Wildman–Crippen MR) is 72.0 cm³/mol. The molecule has 4 nitrogen and oxygen atoms in total. The number of nitro groups is 1. The van der Waals surface area contributed by atoms with Gasteiger partial charge >= 0.3 is 0 Å². The van der Waals surface area contributed by atoms with Crippen LogP contribution in [0.5, 0.6) is 5.75 Å². The lowest BCUT2D eigenvalue weighted by Gasteiger charge is -2.05. The van der Waals surface area contributed by atoms with E-state index in [1.807, 2.05) is 0 Å². The maximum atomic E-state index is 10.5. The molecule has 0 aliphatic carbocycles. The van der Waals surface area contributed by atoms with Crippen molar-refractivity contribution in [3.05, 3.63) is 34.4 Å². The van der Waals surface area contributed by atoms with Crippen LogP contribution in [-0.2, 0) is 0 Å². The summed E-state index contributed by atoms with van der Waals surface area (Å²) < 4.78 is 5.52. The standard InChI is InChI=1S/C14H21NO3/c1-2-3-4-5-6-7-12-18-14-10-8-13(9-11-14)15(16)17/h8-11H,2-7,12H2,1H3. The molecule has 0 radical (unpaired) electrons. The first-order valence-electron chi connectivity index (χ1n) is 6.61. The fraction of sp³-hybridized carbons (Fsp3) is 0.571. The zero-order valence-corrected chi connectivity index (χ0v) is 10.9. The monoisotopic (exact) mass is 251 g/mol. The summed E-state index contributed by atoms with van der Waals surface area (Å²) in [4.78, 5) is 10.1. The van der Waals surface area contributed by atoms with E-state index >= 15 is 0 Å². The number of non-ortho nitro benzene ring substituents is 1. The Hall–Kier alpha value is -1.58. The van der Waals surface area contributed by atoms with Gasteiger partial charge in [-0.15, -0.1) is 0 Å². The molecular formula is C14H21NO3. The second kappa shape index (κ2) is 8.50. The Morgan fingerprint density at radius 3 is 2.28 bits per heavy atom. The molecule has 1 rings (SSSR count). The minimum Gasteiger partial charge on any atom is -0.494 e. The Balaban J connectivity index is 2.14. The van der Waals surface area contributed by atoms with Crippen molar-refractivity contribution in [1.29, 1.82) is 0 Å². The fourth-order valence-corrected chi connectivity index (χ4v) is 1.74. The Labute approximate surface area is 108 Å². The van der Waals surface area contributed by atoms with Gasteiger partial charge in [-0.1, -0.05) is 39.0 Å². The van der Waals surface area contributed by atoms with Gasteiger partial charge < -0.3 is 4.74 Å². The molecule has 0 spiro atoms. The van der Waals surface area contributed by atoms with Crippen LogP contribution in [0.1, 0.15) is 45.4 Å². The Bertz CT molecular complexity index is 349. The molecule has 1 aromatic carbocycles. The highest BCUT2D eigenvalue weighted by molar-refractivity contribution is 5.35. The SMILES string of the molecule is CCCCCCCCOc1ccc([N+](=O)[O-])cc1. The highest BCUT2D eigenvalue weighted by atomic mass is 16.6. The number of rotatable bonds is 9. The van der Waals surface area contributed by atoms with Crippen molar-refractivity contribution in [1.82, 2.24) is 0 Å². The topological polar surface area (TPSA) is 52.4 Å². The molecule has 0 amide bonds. The Morgan fingerprint density at radius 2 is 1.67 bits per heavy atom. The van der Waals surface area contributed by atoms with Gasteiger partial charge in [0, 0.05) is 12.1 Å². The average molecular weight is 251 g/mol. The van der Waals surface area contributed by atoms with Crippen LogP contribution in [0.2, 0.25) is 0 Å². The van der Waals surface area contributed by atoms with E-state index < -0.39 is 4.92 Å². The maximum absolute atomic E-state index is 10.5. The largest absolute Gasteiger partial charge is 0.494 e. The number of benzene rings is 1. The summed E-state index contributed by atoms with van der Waals surface area (Å²) in [5, 5.41) is 10.5. The van der Waals surface area contributed by atoms with Gasteiger partial charge in [-0.05, 0) is 18.6 Å². The van der Waals surface area contributed by atoms with Gasteiger partial charge in [0.2, 0.25) is 0 Å². The van der Waals surface area contributed by atoms with E-state index in [-0.39, 0.29) is 5.69 Å². The molecule has 0 fully saturated rings. The third-order valence-electron chi connectivity index (χ3n) is 2.81. The number of ether oxygens (including phenoxy) is 1. The number of nitro benzene ring substituents is 1. The molecule has 18 heavy (non-hydrogen) atoms. The highest BCUT2D eigenvalue weighted by Crippen LogP contribution is 2.17. The molecule has 0 N–H and O–H groups in total. The summed E-state index contributed by atoms with van der Waals surface area (Å²) in [5.41, 5.74) is 0.0990. The Morgan fingerprint density at radius 1 is 1.06 bits per heavy atom. The lowest BCUT2D eigenvalue weighted by molar-refractivity contribution is -0.384. The van der Waals surface area contributed by atoms with Crippen LogP contribution in [0.4, 0.5) is 5.69 Å². The van der Waals surface area contributed by atoms with Crippen LogP contribution in [0.3, 0.4) is 0 Å². The quantitative estimate of drug-likeness (QED) is 0.373. The molecule has 4 heteroatoms. The van der Waals surface area contributed by atoms with Crippen LogP contribution in [0, 0.1) is 10.1 Å². The summed E-state index contributed by atoms with van der Waals surface area (Å²) in [7, 11) is 0. The van der Waals surface area contributed by atoms with Crippen molar-refractivity contribution in [2.45, 2.75) is 45.4 Å². The smallest absolute Gasteiger partial charge is 0.269 e. The number of nitrogens with zero attached hydrogens (tertiary/aromatic N) is 1. The van der Waals surface area contributed by atoms with Crippen LogP contribution in [0.25, 0.3) is 0 Å². The summed E-state index contributed by atoms with van der Waals surface area (Å²) in [6.07, 6.45) is 7.36. The normalized spacial score (nSPS) is 10.3. The van der Waals surface area contributed by atoms with Crippen molar-refractivity contribution < 1.29 is 9.66 Å². The lowest BCUT2D eigenvalue weighted by Crippen LogP contribution is -1.97. The van der Waals surface area contributed by atoms with Crippen molar-refractivity contribution >= 4 is 5.69 Å². The highest BCUT2D eigenvalue weighted by Gasteiger charge is 2.03. The van der Waals surface area contributed by atoms with Crippen LogP contribution < -0.4 is 4.74 Å². The molecular weight excluding hydrogens is 230 g/mol. The molecule has 0 saturated heterocycles. The first kappa shape index (κ1) is 14.5. The van der Waals surface area contributed by atoms with Gasteiger partial charge in [-0.3, -0.25) is 10.1 Å². The van der Waals surface area contributed by atoms with Gasteiger partial charge in [0.05, 0.1) is 11.5 Å². The van der Waals surface area contributed by atoms with Gasteiger partial charge in [-0.2, -0.15) is 0 Å². The molecule has 0 bridgehead atoms. The maximum Gasteiger partial charge on any atom is 0.269 e. The second-order valence-corrected chi connectivity index (χ2v) is 4.37. The molecule has 100 valence electrons. The van der Waals surface area contributed by atoms with E-state index in [1.165, 1.54) is 44.2 Å². The van der Waals surface area contributed by atoms with Gasteiger partial charge in [0.15, 0.2) is 0 Å². The van der Waals surface area contributed by atoms with Gasteiger partial charge in [-0.25, -0.2) is 0 Å². The molecule has 0 atom stereocenters. The van der Waals surface area contributed by atoms with Crippen LogP contribution >= 0.6 is 0 Å². The Kier molecular flexibility index (Phi) is 6.84. The van der Waals surface area contributed by atoms with Crippen LogP contribution in [-0.4, -0.2) is 11.5 Å². The minimum absolute atomic E-state index is 0.0990. The zero-order valence-electron chi connectivity index (χ0n) is 10.9. The zero-order chi connectivity index (χ0) is 13.2. The van der Waals surface area contributed by atoms with Gasteiger partial charge in [0.25, 0.3) is 5.69 Å². The fourth-order valence-electron chi connectivity index (χ4n) is 1.74. The number of hydrogen-bond donors (Lipinski definition) is 0. The molecule has 0 aromatic heterocycles. The summed E-state index contributed by atoms with van der Waals surface area (Å²) in [6.45, 7) is 2.89. The molecule has 0 aliphatic rings. The molecule has 0 unspecified atom stereocenters. The molecule has 0 aliphatic heterocycles. The third kappa shape index (κ3) is 5.66. The molecule has 0 saturated carbocycles. The minimum atomic E-state index is -0.405. The van der Waals surface area contributed by atoms with E-state index in [1.54, 1.807) is 12.1 Å². The average Bonchev–Trinajstić information content (AvgIpc) is 2.38. The molecule has 0 heterocycles. The van der Waals surface area contributed by atoms with E-state index in [0.717, 1.165) is 6.42 Å². The first-order chi connectivity index (χ1) is 8.74.